The molecular weight excluding hydrogens is 300 g/mol. The molecule has 1 aromatic heterocycles. The molecule has 0 spiro atoms. The monoisotopic (exact) mass is 328 g/mol. The van der Waals surface area contributed by atoms with E-state index in [0.29, 0.717) is 6.54 Å². The van der Waals surface area contributed by atoms with Gasteiger partial charge in [-0.05, 0) is 43.6 Å². The lowest BCUT2D eigenvalue weighted by Gasteiger charge is -2.24. The van der Waals surface area contributed by atoms with Crippen LogP contribution in [0.15, 0.2) is 30.5 Å². The Bertz CT molecular complexity index is 658. The molecule has 0 radical (unpaired) electrons. The first kappa shape index (κ1) is 16.8. The number of nitrogens with one attached hydrogen (secondary N) is 2. The van der Waals surface area contributed by atoms with Crippen LogP contribution in [0.5, 0.6) is 0 Å². The number of hydrogen-bond acceptors (Lipinski definition) is 2. The van der Waals surface area contributed by atoms with Gasteiger partial charge in [-0.2, -0.15) is 0 Å². The Morgan fingerprint density at radius 3 is 2.79 bits per heavy atom. The van der Waals surface area contributed by atoms with Gasteiger partial charge in [-0.25, -0.2) is 4.79 Å². The molecule has 2 aromatic rings. The number of aromatic amines is 1. The van der Waals surface area contributed by atoms with E-state index in [4.69, 9.17) is 0 Å². The molecule has 1 aliphatic rings. The van der Waals surface area contributed by atoms with Gasteiger partial charge in [-0.1, -0.05) is 25.0 Å². The molecule has 0 bridgehead atoms. The van der Waals surface area contributed by atoms with E-state index in [1.54, 1.807) is 4.90 Å². The summed E-state index contributed by atoms with van der Waals surface area (Å²) in [7, 11) is 1.88. The quantitative estimate of drug-likeness (QED) is 0.886. The highest BCUT2D eigenvalue weighted by Gasteiger charge is 2.13. The zero-order chi connectivity index (χ0) is 16.8. The van der Waals surface area contributed by atoms with Crippen LogP contribution < -0.4 is 5.32 Å². The molecule has 2 heterocycles. The molecule has 24 heavy (non-hydrogen) atoms. The van der Waals surface area contributed by atoms with Gasteiger partial charge in [-0.15, -0.1) is 0 Å². The molecule has 0 saturated carbocycles. The Morgan fingerprint density at radius 2 is 2.00 bits per heavy atom. The van der Waals surface area contributed by atoms with Crippen molar-refractivity contribution < 1.29 is 4.79 Å². The summed E-state index contributed by atoms with van der Waals surface area (Å²) in [6.07, 6.45) is 7.20. The lowest BCUT2D eigenvalue weighted by atomic mass is 10.1. The van der Waals surface area contributed by atoms with Crippen molar-refractivity contribution in [2.75, 3.05) is 33.2 Å². The molecule has 0 atom stereocenters. The average molecular weight is 328 g/mol. The van der Waals surface area contributed by atoms with Crippen molar-refractivity contribution in [1.82, 2.24) is 20.1 Å². The first-order chi connectivity index (χ1) is 11.7. The van der Waals surface area contributed by atoms with Crippen molar-refractivity contribution in [3.05, 3.63) is 36.0 Å². The number of urea groups is 1. The lowest BCUT2D eigenvalue weighted by Crippen LogP contribution is -2.41. The molecule has 2 amide bonds. The fourth-order valence-corrected chi connectivity index (χ4v) is 3.36. The highest BCUT2D eigenvalue weighted by molar-refractivity contribution is 5.83. The van der Waals surface area contributed by atoms with Crippen LogP contribution in [-0.2, 0) is 6.54 Å². The first-order valence-corrected chi connectivity index (χ1v) is 9.00. The van der Waals surface area contributed by atoms with Crippen LogP contribution in [0.25, 0.3) is 10.9 Å². The SMILES string of the molecule is CN(CCN1CCCCCC1)C(=O)NCc1cccc2[nH]ccc12. The topological polar surface area (TPSA) is 51.4 Å². The molecule has 5 heteroatoms. The molecular formula is C19H28N4O. The number of likely N-dealkylation sites (N-methyl/N-ethyl adjacent to an activating group) is 1. The number of likely N-dealkylation sites (tertiary alicyclic amines) is 1. The lowest BCUT2D eigenvalue weighted by molar-refractivity contribution is 0.195. The number of rotatable bonds is 5. The summed E-state index contributed by atoms with van der Waals surface area (Å²) in [5.41, 5.74) is 2.25. The summed E-state index contributed by atoms with van der Waals surface area (Å²) in [4.78, 5) is 19.8. The summed E-state index contributed by atoms with van der Waals surface area (Å²) in [5.74, 6) is 0. The van der Waals surface area contributed by atoms with Crippen LogP contribution in [0, 0.1) is 0 Å². The third kappa shape index (κ3) is 4.29. The fourth-order valence-electron chi connectivity index (χ4n) is 3.36. The second-order valence-corrected chi connectivity index (χ2v) is 6.69. The van der Waals surface area contributed by atoms with Crippen molar-refractivity contribution in [1.29, 1.82) is 0 Å². The Kier molecular flexibility index (Phi) is 5.75. The summed E-state index contributed by atoms with van der Waals surface area (Å²) in [6, 6.07) is 8.18. The Morgan fingerprint density at radius 1 is 1.21 bits per heavy atom. The third-order valence-corrected chi connectivity index (χ3v) is 4.91. The molecule has 1 fully saturated rings. The van der Waals surface area contributed by atoms with Crippen molar-refractivity contribution in [3.63, 3.8) is 0 Å². The Balaban J connectivity index is 1.46. The molecule has 1 aliphatic heterocycles. The van der Waals surface area contributed by atoms with Crippen LogP contribution in [-0.4, -0.2) is 54.0 Å². The molecule has 1 saturated heterocycles. The molecule has 0 aliphatic carbocycles. The second-order valence-electron chi connectivity index (χ2n) is 6.69. The molecule has 2 N–H and O–H groups in total. The molecule has 5 nitrogen and oxygen atoms in total. The number of carbonyl (C=O) groups is 1. The first-order valence-electron chi connectivity index (χ1n) is 9.00. The summed E-state index contributed by atoms with van der Waals surface area (Å²) >= 11 is 0. The van der Waals surface area contributed by atoms with Gasteiger partial charge < -0.3 is 20.1 Å². The number of fused-ring (bicyclic) bond motifs is 1. The minimum Gasteiger partial charge on any atom is -0.361 e. The van der Waals surface area contributed by atoms with Crippen molar-refractivity contribution in [2.45, 2.75) is 32.2 Å². The number of H-pyrrole nitrogens is 1. The smallest absolute Gasteiger partial charge is 0.317 e. The average Bonchev–Trinajstić information content (AvgIpc) is 2.93. The number of benzene rings is 1. The van der Waals surface area contributed by atoms with E-state index >= 15 is 0 Å². The standard InChI is InChI=1S/C19H28N4O/c1-22(13-14-23-11-4-2-3-5-12-23)19(24)21-15-16-7-6-8-18-17(16)9-10-20-18/h6-10,20H,2-5,11-15H2,1H3,(H,21,24). The summed E-state index contributed by atoms with van der Waals surface area (Å²) < 4.78 is 0. The van der Waals surface area contributed by atoms with Crippen molar-refractivity contribution in [3.8, 4) is 0 Å². The van der Waals surface area contributed by atoms with Gasteiger partial charge in [0.2, 0.25) is 0 Å². The second kappa shape index (κ2) is 8.20. The van der Waals surface area contributed by atoms with E-state index in [1.807, 2.05) is 25.4 Å². The van der Waals surface area contributed by atoms with Crippen molar-refractivity contribution in [2.24, 2.45) is 0 Å². The van der Waals surface area contributed by atoms with E-state index in [9.17, 15) is 4.79 Å². The van der Waals surface area contributed by atoms with Gasteiger partial charge in [0.1, 0.15) is 0 Å². The van der Waals surface area contributed by atoms with Gasteiger partial charge in [0, 0.05) is 43.8 Å². The molecule has 1 aromatic carbocycles. The predicted octanol–water partition coefficient (Wildman–Crippen LogP) is 3.19. The maximum absolute atomic E-state index is 12.3. The Labute approximate surface area is 144 Å². The highest BCUT2D eigenvalue weighted by atomic mass is 16.2. The summed E-state index contributed by atoms with van der Waals surface area (Å²) in [6.45, 7) is 4.65. The Hall–Kier alpha value is -2.01. The minimum atomic E-state index is -0.00244. The number of carbonyl (C=O) groups excluding carboxylic acids is 1. The zero-order valence-corrected chi connectivity index (χ0v) is 14.6. The van der Waals surface area contributed by atoms with E-state index in [0.717, 1.165) is 24.2 Å². The van der Waals surface area contributed by atoms with E-state index in [1.165, 1.54) is 44.2 Å². The van der Waals surface area contributed by atoms with Crippen molar-refractivity contribution >= 4 is 16.9 Å². The van der Waals surface area contributed by atoms with Crippen LogP contribution >= 0.6 is 0 Å². The van der Waals surface area contributed by atoms with Gasteiger partial charge in [-0.3, -0.25) is 0 Å². The highest BCUT2D eigenvalue weighted by Crippen LogP contribution is 2.17. The van der Waals surface area contributed by atoms with Gasteiger partial charge in [0.15, 0.2) is 0 Å². The van der Waals surface area contributed by atoms with E-state index < -0.39 is 0 Å². The maximum atomic E-state index is 12.3. The van der Waals surface area contributed by atoms with Crippen LogP contribution in [0.2, 0.25) is 0 Å². The number of hydrogen-bond donors (Lipinski definition) is 2. The van der Waals surface area contributed by atoms with Gasteiger partial charge >= 0.3 is 6.03 Å². The largest absolute Gasteiger partial charge is 0.361 e. The third-order valence-electron chi connectivity index (χ3n) is 4.91. The normalized spacial score (nSPS) is 16.0. The number of amides is 2. The predicted molar refractivity (Wildman–Crippen MR) is 98.1 cm³/mol. The zero-order valence-electron chi connectivity index (χ0n) is 14.6. The van der Waals surface area contributed by atoms with E-state index in [2.05, 4.69) is 27.3 Å². The fraction of sp³-hybridized carbons (Fsp3) is 0.526. The molecule has 0 unspecified atom stereocenters. The number of aromatic nitrogens is 1. The maximum Gasteiger partial charge on any atom is 0.317 e. The van der Waals surface area contributed by atoms with E-state index in [-0.39, 0.29) is 6.03 Å². The van der Waals surface area contributed by atoms with Crippen LogP contribution in [0.3, 0.4) is 0 Å². The van der Waals surface area contributed by atoms with Crippen LogP contribution in [0.4, 0.5) is 4.79 Å². The molecule has 3 rings (SSSR count). The number of nitrogens with zero attached hydrogens (tertiary/aromatic N) is 2. The minimum absolute atomic E-state index is 0.00244. The van der Waals surface area contributed by atoms with Crippen LogP contribution in [0.1, 0.15) is 31.2 Å². The summed E-state index contributed by atoms with van der Waals surface area (Å²) in [5, 5.41) is 4.21. The molecule has 130 valence electrons. The van der Waals surface area contributed by atoms with Gasteiger partial charge in [0.25, 0.3) is 0 Å². The van der Waals surface area contributed by atoms with Gasteiger partial charge in [0.05, 0.1) is 0 Å².